The summed E-state index contributed by atoms with van der Waals surface area (Å²) in [6.45, 7) is 4.05. The van der Waals surface area contributed by atoms with Crippen LogP contribution in [0.5, 0.6) is 0 Å². The van der Waals surface area contributed by atoms with Gasteiger partial charge in [-0.2, -0.15) is 9.19 Å². The van der Waals surface area contributed by atoms with Crippen LogP contribution in [0.3, 0.4) is 0 Å². The molecular weight excluding hydrogens is 620 g/mol. The van der Waals surface area contributed by atoms with E-state index in [1.807, 2.05) is 18.5 Å². The van der Waals surface area contributed by atoms with E-state index in [1.54, 1.807) is 18.5 Å². The van der Waals surface area contributed by atoms with Crippen molar-refractivity contribution in [1.82, 2.24) is 39.0 Å². The van der Waals surface area contributed by atoms with E-state index in [1.165, 1.54) is 12.4 Å². The van der Waals surface area contributed by atoms with Crippen molar-refractivity contribution < 1.29 is 18.3 Å². The smallest absolute Gasteiger partial charge is 0.256 e. The molecule has 0 unspecified atom stereocenters. The van der Waals surface area contributed by atoms with Gasteiger partial charge in [0, 0.05) is 62.1 Å². The van der Waals surface area contributed by atoms with E-state index in [0.717, 1.165) is 73.9 Å². The van der Waals surface area contributed by atoms with Crippen molar-refractivity contribution in [3.8, 4) is 23.2 Å². The Hall–Kier alpha value is -4.49. The molecule has 4 aromatic rings. The van der Waals surface area contributed by atoms with E-state index in [-0.39, 0.29) is 17.4 Å². The van der Waals surface area contributed by atoms with Crippen LogP contribution in [-0.2, 0) is 21.3 Å². The van der Waals surface area contributed by atoms with Crippen LogP contribution < -0.4 is 10.6 Å². The molecule has 1 aliphatic heterocycles. The summed E-state index contributed by atoms with van der Waals surface area (Å²) in [5.74, 6) is 8.05. The molecule has 0 amide bonds. The average Bonchev–Trinajstić information content (AvgIpc) is 3.84. The van der Waals surface area contributed by atoms with Crippen molar-refractivity contribution in [3.05, 3.63) is 66.3 Å². The topological polar surface area (TPSA) is 173 Å². The summed E-state index contributed by atoms with van der Waals surface area (Å²) in [5.41, 5.74) is 3.01. The van der Waals surface area contributed by atoms with Gasteiger partial charge < -0.3 is 20.5 Å². The van der Waals surface area contributed by atoms with Crippen molar-refractivity contribution in [3.63, 3.8) is 0 Å². The van der Waals surface area contributed by atoms with Gasteiger partial charge >= 0.3 is 0 Å². The molecule has 3 aliphatic rings. The molecule has 7 rings (SSSR count). The molecule has 14 nitrogen and oxygen atoms in total. The number of ether oxygens (including phenoxy) is 1. The minimum atomic E-state index is -3.49. The van der Waals surface area contributed by atoms with Crippen LogP contribution in [0.2, 0.25) is 0 Å². The second-order valence-corrected chi connectivity index (χ2v) is 14.1. The van der Waals surface area contributed by atoms with E-state index >= 15 is 0 Å². The van der Waals surface area contributed by atoms with Gasteiger partial charge in [-0.05, 0) is 50.5 Å². The summed E-state index contributed by atoms with van der Waals surface area (Å²) in [6.07, 6.45) is 14.0. The first-order valence-corrected chi connectivity index (χ1v) is 17.4. The lowest BCUT2D eigenvalue weighted by molar-refractivity contribution is 0.0341. The number of anilines is 3. The molecule has 2 aliphatic carbocycles. The lowest BCUT2D eigenvalue weighted by Gasteiger charge is -2.27. The van der Waals surface area contributed by atoms with Crippen LogP contribution in [0.15, 0.2) is 49.3 Å². The molecule has 3 fully saturated rings. The molecule has 0 radical (unpaired) electrons. The molecule has 0 spiro atoms. The molecule has 15 heteroatoms. The zero-order chi connectivity index (χ0) is 32.2. The third-order valence-corrected chi connectivity index (χ3v) is 10.5. The maximum atomic E-state index is 12.6. The molecule has 1 saturated heterocycles. The lowest BCUT2D eigenvalue weighted by Crippen LogP contribution is -2.35. The largest absolute Gasteiger partial charge is 0.393 e. The van der Waals surface area contributed by atoms with Gasteiger partial charge in [-0.25, -0.2) is 33.3 Å². The highest BCUT2D eigenvalue weighted by atomic mass is 32.2. The van der Waals surface area contributed by atoms with Gasteiger partial charge in [0.05, 0.1) is 53.8 Å². The Bertz CT molecular complexity index is 1870. The van der Waals surface area contributed by atoms with Gasteiger partial charge in [-0.15, -0.1) is 0 Å². The number of aliphatic hydroxyl groups is 1. The third-order valence-electron chi connectivity index (χ3n) is 8.42. The number of hydrogen-bond donors (Lipinski definition) is 3. The Labute approximate surface area is 273 Å². The summed E-state index contributed by atoms with van der Waals surface area (Å²) in [7, 11) is -3.49. The molecule has 47 heavy (non-hydrogen) atoms. The van der Waals surface area contributed by atoms with Crippen molar-refractivity contribution >= 4 is 27.3 Å². The Morgan fingerprint density at radius 1 is 0.936 bits per heavy atom. The van der Waals surface area contributed by atoms with Gasteiger partial charge in [0.2, 0.25) is 5.82 Å². The van der Waals surface area contributed by atoms with Crippen LogP contribution in [0.4, 0.5) is 17.3 Å². The number of hydrogen-bond acceptors (Lipinski definition) is 13. The average molecular weight is 657 g/mol. The molecule has 4 aromatic heterocycles. The summed E-state index contributed by atoms with van der Waals surface area (Å²) in [5, 5.41) is 20.5. The van der Waals surface area contributed by atoms with Crippen molar-refractivity contribution in [2.45, 2.75) is 62.5 Å². The van der Waals surface area contributed by atoms with Crippen LogP contribution in [-0.4, -0.2) is 96.2 Å². The fourth-order valence-electron chi connectivity index (χ4n) is 5.60. The van der Waals surface area contributed by atoms with Crippen molar-refractivity contribution in [1.29, 1.82) is 0 Å². The number of aliphatic hydroxyl groups excluding tert-OH is 1. The fourth-order valence-corrected chi connectivity index (χ4v) is 7.08. The molecule has 244 valence electrons. The van der Waals surface area contributed by atoms with E-state index in [9.17, 15) is 13.5 Å². The highest BCUT2D eigenvalue weighted by molar-refractivity contribution is 7.90. The summed E-state index contributed by atoms with van der Waals surface area (Å²) in [4.78, 5) is 24.7. The highest BCUT2D eigenvalue weighted by Crippen LogP contribution is 2.31. The minimum absolute atomic E-state index is 0.180. The number of aromatic nitrogens is 7. The molecule has 3 N–H and O–H groups in total. The standard InChI is InChI=1S/C32H36N10O4S/c43-26-4-2-25(3-5-26)38-28-15-31(36-18-23(28)1-8-29-34-16-22(17-35-29)20-41-11-13-46-14-12-41)39-30-9-10-33-32(40-30)24-19-37-42(21-24)47(44,45)27-6-7-27/h9-10,15-19,21,25-27,43H,2-7,11-14,20H2,(H2,33,36,38,39,40). The van der Waals surface area contributed by atoms with E-state index in [2.05, 4.69) is 57.4 Å². The number of morpholine rings is 1. The monoisotopic (exact) mass is 656 g/mol. The predicted octanol–water partition coefficient (Wildman–Crippen LogP) is 2.56. The van der Waals surface area contributed by atoms with Gasteiger partial charge in [-0.1, -0.05) is 5.92 Å². The summed E-state index contributed by atoms with van der Waals surface area (Å²) >= 11 is 0. The molecular formula is C32H36N10O4S. The zero-order valence-electron chi connectivity index (χ0n) is 25.8. The van der Waals surface area contributed by atoms with E-state index in [0.29, 0.717) is 47.3 Å². The maximum Gasteiger partial charge on any atom is 0.256 e. The molecule has 0 atom stereocenters. The lowest BCUT2D eigenvalue weighted by atomic mass is 9.93. The Balaban J connectivity index is 1.09. The van der Waals surface area contributed by atoms with Crippen LogP contribution >= 0.6 is 0 Å². The van der Waals surface area contributed by atoms with Gasteiger partial charge in [-0.3, -0.25) is 4.90 Å². The molecule has 0 bridgehead atoms. The quantitative estimate of drug-likeness (QED) is 0.225. The van der Waals surface area contributed by atoms with E-state index in [4.69, 9.17) is 4.74 Å². The first kappa shape index (κ1) is 31.1. The van der Waals surface area contributed by atoms with Crippen LogP contribution in [0.25, 0.3) is 11.4 Å². The number of rotatable bonds is 9. The van der Waals surface area contributed by atoms with Crippen LogP contribution in [0.1, 0.15) is 55.5 Å². The number of pyridine rings is 1. The van der Waals surface area contributed by atoms with Crippen molar-refractivity contribution in [2.24, 2.45) is 0 Å². The van der Waals surface area contributed by atoms with Crippen LogP contribution in [0, 0.1) is 11.8 Å². The predicted molar refractivity (Wildman–Crippen MR) is 174 cm³/mol. The maximum absolute atomic E-state index is 12.6. The molecule has 0 aromatic carbocycles. The highest BCUT2D eigenvalue weighted by Gasteiger charge is 2.37. The SMILES string of the molecule is O=S(=O)(C1CC1)n1cc(-c2nccc(Nc3cc(NC4CCC(O)CC4)c(C#Cc4ncc(CN5CCOCC5)cn4)cn3)n2)cn1. The second kappa shape index (κ2) is 13.7. The number of nitrogens with zero attached hydrogens (tertiary/aromatic N) is 8. The van der Waals surface area contributed by atoms with Crippen molar-refractivity contribution in [2.75, 3.05) is 36.9 Å². The van der Waals surface area contributed by atoms with Gasteiger partial charge in [0.25, 0.3) is 10.0 Å². The molecule has 5 heterocycles. The Kier molecular flexibility index (Phi) is 9.07. The number of nitrogens with one attached hydrogen (secondary N) is 2. The Morgan fingerprint density at radius 2 is 1.72 bits per heavy atom. The third kappa shape index (κ3) is 7.74. The summed E-state index contributed by atoms with van der Waals surface area (Å²) in [6, 6.07) is 3.77. The minimum Gasteiger partial charge on any atom is -0.393 e. The normalized spacial score (nSPS) is 20.3. The Morgan fingerprint density at radius 3 is 2.49 bits per heavy atom. The van der Waals surface area contributed by atoms with Gasteiger partial charge in [0.15, 0.2) is 5.82 Å². The molecule has 2 saturated carbocycles. The summed E-state index contributed by atoms with van der Waals surface area (Å²) < 4.78 is 31.6. The zero-order valence-corrected chi connectivity index (χ0v) is 26.6. The second-order valence-electron chi connectivity index (χ2n) is 12.1. The fraction of sp³-hybridized carbons (Fsp3) is 0.438. The van der Waals surface area contributed by atoms with Gasteiger partial charge in [0.1, 0.15) is 11.6 Å². The first-order valence-electron chi connectivity index (χ1n) is 15.9. The van der Waals surface area contributed by atoms with E-state index < -0.39 is 10.0 Å². The first-order chi connectivity index (χ1) is 22.9.